The average molecular weight is 282 g/mol. The molecule has 3 atom stereocenters. The fourth-order valence-electron chi connectivity index (χ4n) is 1.64. The van der Waals surface area contributed by atoms with Crippen LogP contribution in [0.2, 0.25) is 0 Å². The van der Waals surface area contributed by atoms with Crippen LogP contribution in [0.25, 0.3) is 0 Å². The summed E-state index contributed by atoms with van der Waals surface area (Å²) in [5.41, 5.74) is 0. The van der Waals surface area contributed by atoms with Crippen LogP contribution in [0.5, 0.6) is 0 Å². The molecule has 0 amide bonds. The number of alkyl halides is 3. The number of rotatable bonds is 0. The monoisotopic (exact) mass is 282 g/mol. The Hall–Kier alpha value is -0.390. The van der Waals surface area contributed by atoms with E-state index in [2.05, 4.69) is 8.37 Å². The maximum atomic E-state index is 12.4. The molecule has 2 heterocycles. The van der Waals surface area contributed by atoms with Crippen molar-refractivity contribution in [1.82, 2.24) is 0 Å². The largest absolute Gasteiger partial charge is 0.410 e. The van der Waals surface area contributed by atoms with Crippen LogP contribution in [0.15, 0.2) is 0 Å². The van der Waals surface area contributed by atoms with Gasteiger partial charge in [-0.25, -0.2) is 0 Å². The summed E-state index contributed by atoms with van der Waals surface area (Å²) >= 11 is 0. The molecule has 2 rings (SSSR count). The van der Waals surface area contributed by atoms with E-state index in [4.69, 9.17) is 0 Å². The van der Waals surface area contributed by atoms with Crippen molar-refractivity contribution >= 4 is 20.2 Å². The summed E-state index contributed by atoms with van der Waals surface area (Å²) < 4.78 is 89.2. The van der Waals surface area contributed by atoms with Gasteiger partial charge in [0.1, 0.15) is 18.0 Å². The van der Waals surface area contributed by atoms with Gasteiger partial charge >= 0.3 is 6.18 Å². The van der Waals surface area contributed by atoms with Gasteiger partial charge in [0.25, 0.3) is 20.2 Å². The summed E-state index contributed by atoms with van der Waals surface area (Å²) in [6.45, 7) is 0. The molecule has 16 heavy (non-hydrogen) atoms. The highest BCUT2D eigenvalue weighted by atomic mass is 32.2. The Bertz CT molecular complexity index is 505. The maximum Gasteiger partial charge on any atom is 0.410 e. The van der Waals surface area contributed by atoms with Gasteiger partial charge < -0.3 is 0 Å². The van der Waals surface area contributed by atoms with Gasteiger partial charge in [-0.3, -0.25) is 8.37 Å². The van der Waals surface area contributed by atoms with Crippen LogP contribution in [-0.2, 0) is 28.6 Å². The normalized spacial score (nSPS) is 40.8. The molecule has 0 aliphatic carbocycles. The Kier molecular flexibility index (Phi) is 2.33. The summed E-state index contributed by atoms with van der Waals surface area (Å²) in [6, 6.07) is 0. The van der Waals surface area contributed by atoms with Gasteiger partial charge in [-0.1, -0.05) is 0 Å². The van der Waals surface area contributed by atoms with Gasteiger partial charge in [0.2, 0.25) is 5.25 Å². The lowest BCUT2D eigenvalue weighted by molar-refractivity contribution is -0.143. The smallest absolute Gasteiger partial charge is 0.262 e. The van der Waals surface area contributed by atoms with Crippen LogP contribution in [0.1, 0.15) is 0 Å². The molecule has 2 unspecified atom stereocenters. The van der Waals surface area contributed by atoms with Crippen LogP contribution in [0, 0.1) is 0 Å². The Balaban J connectivity index is 2.44. The standard InChI is InChI=1S/C5H5F3O6S2/c6-5(7,8)4-3-2(13-16(4,11)12)1-15(9,10)14-3/h2-4H,1H2/t2?,3?,4-/m0/s1. The first-order chi connectivity index (χ1) is 7.03. The Morgan fingerprint density at radius 1 is 1.06 bits per heavy atom. The van der Waals surface area contributed by atoms with E-state index in [1.807, 2.05) is 0 Å². The van der Waals surface area contributed by atoms with Crippen molar-refractivity contribution in [3.8, 4) is 0 Å². The third-order valence-corrected chi connectivity index (χ3v) is 5.11. The molecular weight excluding hydrogens is 277 g/mol. The van der Waals surface area contributed by atoms with E-state index in [1.165, 1.54) is 0 Å². The third-order valence-electron chi connectivity index (χ3n) is 2.18. The number of halogens is 3. The van der Waals surface area contributed by atoms with E-state index in [0.29, 0.717) is 0 Å². The number of hydrogen-bond acceptors (Lipinski definition) is 6. The van der Waals surface area contributed by atoms with E-state index >= 15 is 0 Å². The van der Waals surface area contributed by atoms with Crippen LogP contribution < -0.4 is 0 Å². The van der Waals surface area contributed by atoms with Crippen molar-refractivity contribution in [2.75, 3.05) is 5.75 Å². The molecule has 2 aliphatic heterocycles. The Morgan fingerprint density at radius 2 is 1.62 bits per heavy atom. The lowest BCUT2D eigenvalue weighted by atomic mass is 10.1. The van der Waals surface area contributed by atoms with Gasteiger partial charge in [0, 0.05) is 0 Å². The van der Waals surface area contributed by atoms with E-state index in [-0.39, 0.29) is 0 Å². The quantitative estimate of drug-likeness (QED) is 0.550. The molecule has 94 valence electrons. The lowest BCUT2D eigenvalue weighted by Crippen LogP contribution is -2.42. The molecule has 11 heteroatoms. The Labute approximate surface area is 88.6 Å². The first-order valence-corrected chi connectivity index (χ1v) is 6.98. The van der Waals surface area contributed by atoms with Gasteiger partial charge in [-0.05, 0) is 0 Å². The summed E-state index contributed by atoms with van der Waals surface area (Å²) in [5, 5.41) is -2.94. The van der Waals surface area contributed by atoms with Gasteiger partial charge in [-0.2, -0.15) is 30.0 Å². The molecule has 0 spiro atoms. The second-order valence-electron chi connectivity index (χ2n) is 3.37. The molecular formula is C5H5F3O6S2. The second kappa shape index (κ2) is 3.09. The SMILES string of the molecule is O=S1(=O)CC2OS(=O)(=O)[C@H](C(F)(F)F)C2O1. The highest BCUT2D eigenvalue weighted by molar-refractivity contribution is 7.89. The van der Waals surface area contributed by atoms with Gasteiger partial charge in [-0.15, -0.1) is 0 Å². The molecule has 0 aromatic heterocycles. The van der Waals surface area contributed by atoms with E-state index in [0.717, 1.165) is 0 Å². The predicted molar refractivity (Wildman–Crippen MR) is 42.3 cm³/mol. The van der Waals surface area contributed by atoms with Crippen LogP contribution in [0.3, 0.4) is 0 Å². The summed E-state index contributed by atoms with van der Waals surface area (Å²) in [7, 11) is -9.01. The minimum Gasteiger partial charge on any atom is -0.262 e. The predicted octanol–water partition coefficient (Wildman–Crippen LogP) is -0.625. The zero-order valence-electron chi connectivity index (χ0n) is 7.34. The molecule has 2 saturated heterocycles. The maximum absolute atomic E-state index is 12.4. The van der Waals surface area contributed by atoms with Crippen molar-refractivity contribution < 1.29 is 38.4 Å². The van der Waals surface area contributed by atoms with Crippen molar-refractivity contribution in [1.29, 1.82) is 0 Å². The molecule has 2 fully saturated rings. The second-order valence-corrected chi connectivity index (χ2v) is 6.70. The minimum atomic E-state index is -5.13. The molecule has 0 radical (unpaired) electrons. The van der Waals surface area contributed by atoms with Gasteiger partial charge in [0.15, 0.2) is 0 Å². The molecule has 0 saturated carbocycles. The fourth-order valence-corrected chi connectivity index (χ4v) is 4.64. The zero-order valence-corrected chi connectivity index (χ0v) is 8.97. The lowest BCUT2D eigenvalue weighted by Gasteiger charge is -2.16. The number of fused-ring (bicyclic) bond motifs is 1. The Morgan fingerprint density at radius 3 is 2.12 bits per heavy atom. The van der Waals surface area contributed by atoms with Crippen molar-refractivity contribution in [2.24, 2.45) is 0 Å². The van der Waals surface area contributed by atoms with Crippen LogP contribution in [-0.4, -0.2) is 46.2 Å². The summed E-state index contributed by atoms with van der Waals surface area (Å²) in [5.74, 6) is -0.885. The molecule has 6 nitrogen and oxygen atoms in total. The summed E-state index contributed by atoms with van der Waals surface area (Å²) in [6.07, 6.45) is -8.77. The van der Waals surface area contributed by atoms with Crippen molar-refractivity contribution in [3.05, 3.63) is 0 Å². The zero-order chi connectivity index (χ0) is 12.4. The fraction of sp³-hybridized carbons (Fsp3) is 1.00. The van der Waals surface area contributed by atoms with Crippen molar-refractivity contribution in [3.63, 3.8) is 0 Å². The van der Waals surface area contributed by atoms with Gasteiger partial charge in [0.05, 0.1) is 0 Å². The summed E-state index contributed by atoms with van der Waals surface area (Å²) in [4.78, 5) is 0. The molecule has 0 bridgehead atoms. The van der Waals surface area contributed by atoms with Crippen molar-refractivity contribution in [2.45, 2.75) is 23.6 Å². The van der Waals surface area contributed by atoms with E-state index in [1.54, 1.807) is 0 Å². The molecule has 2 aliphatic rings. The van der Waals surface area contributed by atoms with Crippen LogP contribution >= 0.6 is 0 Å². The van der Waals surface area contributed by atoms with E-state index < -0.39 is 49.6 Å². The third kappa shape index (κ3) is 1.81. The highest BCUT2D eigenvalue weighted by Crippen LogP contribution is 2.42. The topological polar surface area (TPSA) is 86.7 Å². The number of hydrogen-bond donors (Lipinski definition) is 0. The highest BCUT2D eigenvalue weighted by Gasteiger charge is 2.66. The molecule has 0 N–H and O–H groups in total. The van der Waals surface area contributed by atoms with Crippen LogP contribution in [0.4, 0.5) is 13.2 Å². The minimum absolute atomic E-state index is 0.885. The first kappa shape index (κ1) is 12.1. The first-order valence-electron chi connectivity index (χ1n) is 3.93. The molecule has 0 aromatic rings. The average Bonchev–Trinajstić information content (AvgIpc) is 2.30. The molecule has 0 aromatic carbocycles. The van der Waals surface area contributed by atoms with E-state index in [9.17, 15) is 30.0 Å².